The average molecular weight is 250 g/mol. The maximum absolute atomic E-state index is 13.3. The van der Waals surface area contributed by atoms with Crippen LogP contribution in [0, 0.1) is 17.7 Å². The molecule has 0 amide bonds. The molecule has 2 rings (SSSR count). The van der Waals surface area contributed by atoms with E-state index in [1.165, 1.54) is 13.0 Å². The van der Waals surface area contributed by atoms with Crippen LogP contribution >= 0.6 is 0 Å². The molecule has 0 bridgehead atoms. The summed E-state index contributed by atoms with van der Waals surface area (Å²) in [5, 5.41) is 0. The number of hydrogen-bond acceptors (Lipinski definition) is 2. The van der Waals surface area contributed by atoms with Crippen molar-refractivity contribution in [1.82, 2.24) is 0 Å². The van der Waals surface area contributed by atoms with Gasteiger partial charge in [0, 0.05) is 18.3 Å². The Hall–Kier alpha value is -1.38. The molecule has 0 N–H and O–H groups in total. The Balaban J connectivity index is 2.18. The van der Waals surface area contributed by atoms with E-state index < -0.39 is 0 Å². The summed E-state index contributed by atoms with van der Waals surface area (Å²) in [5.41, 5.74) is 0.993. The van der Waals surface area contributed by atoms with E-state index in [9.17, 15) is 9.18 Å². The number of esters is 1. The Morgan fingerprint density at radius 1 is 1.56 bits per heavy atom. The van der Waals surface area contributed by atoms with Crippen molar-refractivity contribution in [3.8, 4) is 0 Å². The summed E-state index contributed by atoms with van der Waals surface area (Å²) in [6.07, 6.45) is 0.960. The van der Waals surface area contributed by atoms with Crippen LogP contribution in [0.5, 0.6) is 0 Å². The van der Waals surface area contributed by atoms with E-state index in [2.05, 4.69) is 13.8 Å². The van der Waals surface area contributed by atoms with Crippen LogP contribution in [-0.4, -0.2) is 12.6 Å². The number of ether oxygens (including phenoxy) is 1. The van der Waals surface area contributed by atoms with Crippen LogP contribution in [0.4, 0.5) is 4.39 Å². The highest BCUT2D eigenvalue weighted by atomic mass is 19.1. The summed E-state index contributed by atoms with van der Waals surface area (Å²) >= 11 is 0. The smallest absolute Gasteiger partial charge is 0.302 e. The van der Waals surface area contributed by atoms with Crippen LogP contribution in [0.2, 0.25) is 0 Å². The van der Waals surface area contributed by atoms with E-state index in [0.717, 1.165) is 12.0 Å². The maximum atomic E-state index is 13.3. The molecule has 1 aliphatic rings. The molecule has 0 aliphatic heterocycles. The van der Waals surface area contributed by atoms with Gasteiger partial charge in [0.1, 0.15) is 5.82 Å². The number of carbonyl (C=O) groups excluding carboxylic acids is 1. The zero-order valence-corrected chi connectivity index (χ0v) is 11.1. The molecule has 2 nitrogen and oxygen atoms in total. The van der Waals surface area contributed by atoms with E-state index in [0.29, 0.717) is 18.4 Å². The monoisotopic (exact) mass is 250 g/mol. The second-order valence-electron chi connectivity index (χ2n) is 5.41. The van der Waals surface area contributed by atoms with E-state index in [1.807, 2.05) is 6.07 Å². The van der Waals surface area contributed by atoms with E-state index in [1.54, 1.807) is 12.1 Å². The standard InChI is InChI=1S/C15H19FO2/c1-10(2)15(8-13(15)9-18-11(3)17)12-5-4-6-14(16)7-12/h4-7,10,13H,8-9H2,1-3H3/t13-,15+/m0/s1. The molecule has 0 aromatic heterocycles. The molecule has 0 spiro atoms. The molecule has 3 heteroatoms. The topological polar surface area (TPSA) is 26.3 Å². The van der Waals surface area contributed by atoms with E-state index in [4.69, 9.17) is 4.74 Å². The zero-order valence-electron chi connectivity index (χ0n) is 11.1. The maximum Gasteiger partial charge on any atom is 0.302 e. The summed E-state index contributed by atoms with van der Waals surface area (Å²) in [6, 6.07) is 6.78. The van der Waals surface area contributed by atoms with Crippen LogP contribution in [-0.2, 0) is 14.9 Å². The second kappa shape index (κ2) is 4.71. The molecular weight excluding hydrogens is 231 g/mol. The van der Waals surface area contributed by atoms with Gasteiger partial charge in [-0.15, -0.1) is 0 Å². The third kappa shape index (κ3) is 2.26. The quantitative estimate of drug-likeness (QED) is 0.766. The van der Waals surface area contributed by atoms with Gasteiger partial charge < -0.3 is 4.74 Å². The molecule has 0 radical (unpaired) electrons. The van der Waals surface area contributed by atoms with Crippen molar-refractivity contribution in [1.29, 1.82) is 0 Å². The van der Waals surface area contributed by atoms with Crippen LogP contribution < -0.4 is 0 Å². The number of rotatable bonds is 4. The third-order valence-corrected chi connectivity index (χ3v) is 4.03. The highest BCUT2D eigenvalue weighted by Gasteiger charge is 2.57. The molecule has 18 heavy (non-hydrogen) atoms. The van der Waals surface area contributed by atoms with Crippen LogP contribution in [0.15, 0.2) is 24.3 Å². The summed E-state index contributed by atoms with van der Waals surface area (Å²) in [6.45, 7) is 6.13. The normalized spacial score (nSPS) is 26.2. The third-order valence-electron chi connectivity index (χ3n) is 4.03. The minimum Gasteiger partial charge on any atom is -0.466 e. The van der Waals surface area contributed by atoms with Crippen molar-refractivity contribution in [2.75, 3.05) is 6.61 Å². The Morgan fingerprint density at radius 3 is 2.83 bits per heavy atom. The molecule has 1 aliphatic carbocycles. The number of hydrogen-bond donors (Lipinski definition) is 0. The first-order chi connectivity index (χ1) is 8.46. The molecule has 0 saturated heterocycles. The van der Waals surface area contributed by atoms with Crippen molar-refractivity contribution in [3.05, 3.63) is 35.6 Å². The van der Waals surface area contributed by atoms with Crippen molar-refractivity contribution in [2.24, 2.45) is 11.8 Å². The lowest BCUT2D eigenvalue weighted by Gasteiger charge is -2.22. The first-order valence-electron chi connectivity index (χ1n) is 6.36. The van der Waals surface area contributed by atoms with Crippen LogP contribution in [0.1, 0.15) is 32.8 Å². The average Bonchev–Trinajstić information content (AvgIpc) is 3.02. The van der Waals surface area contributed by atoms with Gasteiger partial charge in [0.15, 0.2) is 0 Å². The van der Waals surface area contributed by atoms with Crippen LogP contribution in [0.25, 0.3) is 0 Å². The number of carbonyl (C=O) groups is 1. The number of halogens is 1. The lowest BCUT2D eigenvalue weighted by atomic mass is 9.83. The predicted octanol–water partition coefficient (Wildman–Crippen LogP) is 3.30. The van der Waals surface area contributed by atoms with Gasteiger partial charge in [-0.2, -0.15) is 0 Å². The van der Waals surface area contributed by atoms with Gasteiger partial charge in [0.2, 0.25) is 0 Å². The summed E-state index contributed by atoms with van der Waals surface area (Å²) < 4.78 is 18.4. The first-order valence-corrected chi connectivity index (χ1v) is 6.36. The van der Waals surface area contributed by atoms with Crippen molar-refractivity contribution in [2.45, 2.75) is 32.6 Å². The van der Waals surface area contributed by atoms with Gasteiger partial charge in [0.25, 0.3) is 0 Å². The van der Waals surface area contributed by atoms with Gasteiger partial charge in [0.05, 0.1) is 6.61 Å². The van der Waals surface area contributed by atoms with E-state index >= 15 is 0 Å². The van der Waals surface area contributed by atoms with Gasteiger partial charge in [-0.1, -0.05) is 26.0 Å². The van der Waals surface area contributed by atoms with Crippen molar-refractivity contribution >= 4 is 5.97 Å². The van der Waals surface area contributed by atoms with Gasteiger partial charge in [-0.25, -0.2) is 4.39 Å². The first kappa shape index (κ1) is 13.1. The molecule has 2 atom stereocenters. The highest BCUT2D eigenvalue weighted by Crippen LogP contribution is 2.59. The predicted molar refractivity (Wildman–Crippen MR) is 67.7 cm³/mol. The van der Waals surface area contributed by atoms with Gasteiger partial charge >= 0.3 is 5.97 Å². The molecule has 1 aromatic rings. The molecule has 1 fully saturated rings. The fourth-order valence-corrected chi connectivity index (χ4v) is 2.95. The van der Waals surface area contributed by atoms with Gasteiger partial charge in [-0.05, 0) is 30.0 Å². The minimum atomic E-state index is -0.251. The summed E-state index contributed by atoms with van der Waals surface area (Å²) in [5.74, 6) is 0.257. The minimum absolute atomic E-state index is 0.0302. The molecule has 1 aromatic carbocycles. The molecule has 0 unspecified atom stereocenters. The van der Waals surface area contributed by atoms with Crippen molar-refractivity contribution in [3.63, 3.8) is 0 Å². The Morgan fingerprint density at radius 2 is 2.28 bits per heavy atom. The molecule has 0 heterocycles. The van der Waals surface area contributed by atoms with Gasteiger partial charge in [-0.3, -0.25) is 4.79 Å². The Labute approximate surface area is 107 Å². The fourth-order valence-electron chi connectivity index (χ4n) is 2.95. The second-order valence-corrected chi connectivity index (χ2v) is 5.41. The summed E-state index contributed by atoms with van der Waals surface area (Å²) in [4.78, 5) is 10.9. The highest BCUT2D eigenvalue weighted by molar-refractivity contribution is 5.66. The largest absolute Gasteiger partial charge is 0.466 e. The molecular formula is C15H19FO2. The van der Waals surface area contributed by atoms with E-state index in [-0.39, 0.29) is 17.2 Å². The van der Waals surface area contributed by atoms with Crippen LogP contribution in [0.3, 0.4) is 0 Å². The fraction of sp³-hybridized carbons (Fsp3) is 0.533. The van der Waals surface area contributed by atoms with Crippen molar-refractivity contribution < 1.29 is 13.9 Å². The zero-order chi connectivity index (χ0) is 13.3. The number of benzene rings is 1. The lowest BCUT2D eigenvalue weighted by Crippen LogP contribution is -2.20. The molecule has 98 valence electrons. The summed E-state index contributed by atoms with van der Waals surface area (Å²) in [7, 11) is 0. The lowest BCUT2D eigenvalue weighted by molar-refractivity contribution is -0.141. The molecule has 1 saturated carbocycles. The Kier molecular flexibility index (Phi) is 3.42. The SMILES string of the molecule is CC(=O)OC[C@@H]1C[C@]1(c1cccc(F)c1)C(C)C. The Bertz CT molecular complexity index is 456.